The van der Waals surface area contributed by atoms with Crippen LogP contribution >= 0.6 is 11.3 Å². The van der Waals surface area contributed by atoms with E-state index >= 15 is 0 Å². The van der Waals surface area contributed by atoms with E-state index in [1.165, 1.54) is 11.3 Å². The van der Waals surface area contributed by atoms with Gasteiger partial charge in [-0.3, -0.25) is 9.48 Å². The number of ether oxygens (including phenoxy) is 1. The summed E-state index contributed by atoms with van der Waals surface area (Å²) < 4.78 is 7.86. The van der Waals surface area contributed by atoms with Gasteiger partial charge in [0.15, 0.2) is 0 Å². The van der Waals surface area contributed by atoms with Crippen LogP contribution in [0.1, 0.15) is 56.8 Å². The number of rotatable bonds is 7. The Labute approximate surface area is 197 Å². The summed E-state index contributed by atoms with van der Waals surface area (Å²) in [6, 6.07) is 17.6. The number of nitrogens with zero attached hydrogens (tertiary/aromatic N) is 3. The van der Waals surface area contributed by atoms with E-state index in [0.717, 1.165) is 47.8 Å². The Morgan fingerprint density at radius 3 is 2.76 bits per heavy atom. The van der Waals surface area contributed by atoms with Crippen LogP contribution in [0.15, 0.2) is 66.2 Å². The van der Waals surface area contributed by atoms with Crippen molar-refractivity contribution in [2.45, 2.75) is 45.4 Å². The van der Waals surface area contributed by atoms with Crippen LogP contribution in [-0.2, 0) is 19.6 Å². The van der Waals surface area contributed by atoms with Crippen molar-refractivity contribution in [3.63, 3.8) is 0 Å². The second kappa shape index (κ2) is 9.58. The summed E-state index contributed by atoms with van der Waals surface area (Å²) in [7, 11) is 0. The molecular weight excluding hydrogens is 432 g/mol. The van der Waals surface area contributed by atoms with Gasteiger partial charge in [-0.25, -0.2) is 4.98 Å². The summed E-state index contributed by atoms with van der Waals surface area (Å²) >= 11 is 1.61. The van der Waals surface area contributed by atoms with Crippen LogP contribution in [0.5, 0.6) is 5.75 Å². The van der Waals surface area contributed by atoms with Crippen LogP contribution in [0.25, 0.3) is 0 Å². The molecule has 4 aromatic rings. The number of carbonyl (C=O) groups excluding carboxylic acids is 1. The summed E-state index contributed by atoms with van der Waals surface area (Å²) in [6.07, 6.45) is 4.85. The van der Waals surface area contributed by atoms with Crippen molar-refractivity contribution in [3.8, 4) is 5.75 Å². The van der Waals surface area contributed by atoms with Gasteiger partial charge in [-0.2, -0.15) is 5.10 Å². The molecule has 0 bridgehead atoms. The lowest BCUT2D eigenvalue weighted by molar-refractivity contribution is 0.0932. The molecule has 7 heteroatoms. The van der Waals surface area contributed by atoms with E-state index in [1.807, 2.05) is 48.8 Å². The van der Waals surface area contributed by atoms with Gasteiger partial charge in [0.1, 0.15) is 12.4 Å². The Kier molecular flexibility index (Phi) is 6.21. The first-order valence-corrected chi connectivity index (χ1v) is 12.1. The number of hydrogen-bond donors (Lipinski definition) is 1. The quantitative estimate of drug-likeness (QED) is 0.419. The van der Waals surface area contributed by atoms with Crippen LogP contribution in [0, 0.1) is 6.92 Å². The lowest BCUT2D eigenvalue weighted by Gasteiger charge is -2.24. The van der Waals surface area contributed by atoms with Crippen molar-refractivity contribution in [1.29, 1.82) is 0 Å². The van der Waals surface area contributed by atoms with Crippen LogP contribution in [0.3, 0.4) is 0 Å². The zero-order chi connectivity index (χ0) is 22.6. The Bertz CT molecular complexity index is 1230. The highest BCUT2D eigenvalue weighted by Gasteiger charge is 2.26. The molecule has 33 heavy (non-hydrogen) atoms. The molecule has 1 amide bonds. The number of aryl methyl sites for hydroxylation is 1. The number of thiazole rings is 1. The van der Waals surface area contributed by atoms with Gasteiger partial charge in [0, 0.05) is 22.2 Å². The summed E-state index contributed by atoms with van der Waals surface area (Å²) in [4.78, 5) is 17.3. The molecule has 0 aliphatic heterocycles. The molecule has 0 spiro atoms. The van der Waals surface area contributed by atoms with Gasteiger partial charge < -0.3 is 10.1 Å². The summed E-state index contributed by atoms with van der Waals surface area (Å²) in [5.41, 5.74) is 5.11. The Balaban J connectivity index is 1.22. The Morgan fingerprint density at radius 1 is 1.18 bits per heavy atom. The second-order valence-corrected chi connectivity index (χ2v) is 9.34. The maximum absolute atomic E-state index is 12.9. The average Bonchev–Trinajstić information content (AvgIpc) is 3.45. The van der Waals surface area contributed by atoms with E-state index in [-0.39, 0.29) is 11.9 Å². The van der Waals surface area contributed by atoms with Crippen molar-refractivity contribution in [1.82, 2.24) is 20.1 Å². The molecule has 0 saturated heterocycles. The van der Waals surface area contributed by atoms with E-state index in [4.69, 9.17) is 4.74 Å². The minimum absolute atomic E-state index is 0.0189. The van der Waals surface area contributed by atoms with Crippen LogP contribution < -0.4 is 10.1 Å². The number of fused-ring (bicyclic) bond motifs is 1. The van der Waals surface area contributed by atoms with E-state index < -0.39 is 0 Å². The van der Waals surface area contributed by atoms with Crippen molar-refractivity contribution in [3.05, 3.63) is 99.3 Å². The largest absolute Gasteiger partial charge is 0.487 e. The third-order valence-electron chi connectivity index (χ3n) is 5.91. The van der Waals surface area contributed by atoms with Gasteiger partial charge in [-0.05, 0) is 56.0 Å². The molecule has 1 aliphatic carbocycles. The highest BCUT2D eigenvalue weighted by atomic mass is 32.1. The Morgan fingerprint density at radius 2 is 2.00 bits per heavy atom. The lowest BCUT2D eigenvalue weighted by atomic mass is 9.92. The van der Waals surface area contributed by atoms with Gasteiger partial charge in [0.2, 0.25) is 0 Å². The third kappa shape index (κ3) is 4.98. The Hall–Kier alpha value is -3.45. The molecular formula is C26H26N4O2S. The molecule has 1 atom stereocenters. The van der Waals surface area contributed by atoms with Crippen LogP contribution in [0.2, 0.25) is 0 Å². The average molecular weight is 459 g/mol. The first-order chi connectivity index (χ1) is 16.2. The van der Waals surface area contributed by atoms with Crippen LogP contribution in [0.4, 0.5) is 0 Å². The molecule has 2 aromatic heterocycles. The van der Waals surface area contributed by atoms with Gasteiger partial charge in [0.25, 0.3) is 5.91 Å². The molecule has 0 fully saturated rings. The zero-order valence-electron chi connectivity index (χ0n) is 18.5. The maximum atomic E-state index is 12.9. The minimum Gasteiger partial charge on any atom is -0.487 e. The molecule has 1 N–H and O–H groups in total. The standard InChI is InChI=1S/C26H26N4O2S/c1-18-28-21(17-33-18)16-32-22-12-10-20(11-13-22)26(31)29-24-8-5-9-25-23(24)14-27-30(25)15-19-6-3-2-4-7-19/h2-4,6-7,10-14,17,24H,5,8-9,15-16H2,1H3,(H,29,31). The molecule has 6 nitrogen and oxygen atoms in total. The molecule has 0 saturated carbocycles. The van der Waals surface area contributed by atoms with Gasteiger partial charge in [0.05, 0.1) is 29.5 Å². The molecule has 168 valence electrons. The molecule has 5 rings (SSSR count). The molecule has 2 heterocycles. The van der Waals surface area contributed by atoms with E-state index in [9.17, 15) is 4.79 Å². The number of benzene rings is 2. The second-order valence-electron chi connectivity index (χ2n) is 8.28. The topological polar surface area (TPSA) is 69.0 Å². The SMILES string of the molecule is Cc1nc(COc2ccc(C(=O)NC3CCCc4c3cnn4Cc3ccccc3)cc2)cs1. The summed E-state index contributed by atoms with van der Waals surface area (Å²) in [6.45, 7) is 3.15. The van der Waals surface area contributed by atoms with Gasteiger partial charge in [-0.1, -0.05) is 30.3 Å². The molecule has 1 aliphatic rings. The fraction of sp³-hybridized carbons (Fsp3) is 0.269. The fourth-order valence-corrected chi connectivity index (χ4v) is 4.83. The van der Waals surface area contributed by atoms with Gasteiger partial charge >= 0.3 is 0 Å². The molecule has 2 aromatic carbocycles. The monoisotopic (exact) mass is 458 g/mol. The van der Waals surface area contributed by atoms with Crippen molar-refractivity contribution in [2.75, 3.05) is 0 Å². The van der Waals surface area contributed by atoms with E-state index in [1.54, 1.807) is 23.5 Å². The minimum atomic E-state index is -0.0784. The fourth-order valence-electron chi connectivity index (χ4n) is 4.24. The van der Waals surface area contributed by atoms with E-state index in [2.05, 4.69) is 32.2 Å². The molecule has 1 unspecified atom stereocenters. The number of carbonyl (C=O) groups is 1. The van der Waals surface area contributed by atoms with Crippen molar-refractivity contribution in [2.24, 2.45) is 0 Å². The number of hydrogen-bond acceptors (Lipinski definition) is 5. The predicted molar refractivity (Wildman–Crippen MR) is 129 cm³/mol. The maximum Gasteiger partial charge on any atom is 0.251 e. The molecule has 0 radical (unpaired) electrons. The predicted octanol–water partition coefficient (Wildman–Crippen LogP) is 5.08. The first kappa shape index (κ1) is 21.4. The number of nitrogens with one attached hydrogen (secondary N) is 1. The van der Waals surface area contributed by atoms with Gasteiger partial charge in [-0.15, -0.1) is 11.3 Å². The normalized spacial score (nSPS) is 15.1. The van der Waals surface area contributed by atoms with E-state index in [0.29, 0.717) is 12.2 Å². The number of amides is 1. The first-order valence-electron chi connectivity index (χ1n) is 11.2. The smallest absolute Gasteiger partial charge is 0.251 e. The highest BCUT2D eigenvalue weighted by molar-refractivity contribution is 7.09. The highest BCUT2D eigenvalue weighted by Crippen LogP contribution is 2.30. The van der Waals surface area contributed by atoms with Crippen LogP contribution in [-0.4, -0.2) is 20.7 Å². The lowest BCUT2D eigenvalue weighted by Crippen LogP contribution is -2.31. The summed E-state index contributed by atoms with van der Waals surface area (Å²) in [5.74, 6) is 0.643. The van der Waals surface area contributed by atoms with Crippen molar-refractivity contribution >= 4 is 17.2 Å². The third-order valence-corrected chi connectivity index (χ3v) is 6.74. The summed E-state index contributed by atoms with van der Waals surface area (Å²) in [5, 5.41) is 10.9. The van der Waals surface area contributed by atoms with Crippen molar-refractivity contribution < 1.29 is 9.53 Å². The number of aromatic nitrogens is 3. The zero-order valence-corrected chi connectivity index (χ0v) is 19.3.